The fourth-order valence-corrected chi connectivity index (χ4v) is 11.1. The van der Waals surface area contributed by atoms with E-state index in [-0.39, 0.29) is 42.3 Å². The lowest BCUT2D eigenvalue weighted by Crippen LogP contribution is -2.32. The predicted molar refractivity (Wildman–Crippen MR) is 277 cm³/mol. The minimum Gasteiger partial charge on any atom is -0.322 e. The third-order valence-corrected chi connectivity index (χ3v) is 16.4. The summed E-state index contributed by atoms with van der Waals surface area (Å²) >= 11 is 12.9. The molecule has 2 aromatic heterocycles. The van der Waals surface area contributed by atoms with Crippen molar-refractivity contribution >= 4 is 77.8 Å². The highest BCUT2D eigenvalue weighted by Crippen LogP contribution is 2.30. The number of para-hydroxylation sites is 2. The standard InChI is InChI=1S/C51H46Cl2N8O8S2/c1-32-46(50(64)60(56(32)3)38-13-9-7-10-14-38)58(5)70(66,67)40-25-27-44(52)42(30-40)48(62)54-36-21-17-34(18-22-36)29-35-19-23-37(24-20-35)55-49(63)43-31-41(26-28-45(43)53)71(68,69)59(6)47-33(2)57(4)61(51(47)65)39-15-11-8-12-16-39/h7-28,30-31H,29H2,1-6H3,(H,54,62)(H,55,63). The first-order valence-electron chi connectivity index (χ1n) is 21.8. The third-order valence-electron chi connectivity index (χ3n) is 12.2. The molecule has 2 amide bonds. The van der Waals surface area contributed by atoms with Crippen molar-refractivity contribution in [2.24, 2.45) is 14.1 Å². The molecule has 364 valence electrons. The predicted octanol–water partition coefficient (Wildman–Crippen LogP) is 8.33. The number of rotatable bonds is 14. The number of nitrogens with one attached hydrogen (secondary N) is 2. The molecule has 16 nitrogen and oxygen atoms in total. The van der Waals surface area contributed by atoms with Crippen molar-refractivity contribution in [3.05, 3.63) is 210 Å². The number of amides is 2. The van der Waals surface area contributed by atoms with Gasteiger partial charge >= 0.3 is 0 Å². The summed E-state index contributed by atoms with van der Waals surface area (Å²) in [5.74, 6) is -1.30. The molecule has 0 bridgehead atoms. The number of sulfonamides is 2. The lowest BCUT2D eigenvalue weighted by atomic mass is 10.0. The summed E-state index contributed by atoms with van der Waals surface area (Å²) < 4.78 is 63.5. The molecule has 8 rings (SSSR count). The van der Waals surface area contributed by atoms with Gasteiger partial charge < -0.3 is 10.6 Å². The van der Waals surface area contributed by atoms with Crippen LogP contribution in [0.3, 0.4) is 0 Å². The minimum atomic E-state index is -4.34. The van der Waals surface area contributed by atoms with E-state index in [1.54, 1.807) is 110 Å². The fourth-order valence-electron chi connectivity index (χ4n) is 8.11. The van der Waals surface area contributed by atoms with Crippen LogP contribution in [0.1, 0.15) is 43.2 Å². The number of carbonyl (C=O) groups excluding carboxylic acids is 2. The Morgan fingerprint density at radius 3 is 1.20 bits per heavy atom. The lowest BCUT2D eigenvalue weighted by molar-refractivity contribution is 0.101. The van der Waals surface area contributed by atoms with E-state index in [2.05, 4.69) is 10.6 Å². The molecule has 2 heterocycles. The lowest BCUT2D eigenvalue weighted by Gasteiger charge is -2.19. The molecule has 71 heavy (non-hydrogen) atoms. The Balaban J connectivity index is 0.911. The molecule has 0 spiro atoms. The number of benzene rings is 6. The quantitative estimate of drug-likeness (QED) is 0.109. The van der Waals surface area contributed by atoms with Gasteiger partial charge in [0, 0.05) is 39.6 Å². The van der Waals surface area contributed by atoms with Crippen LogP contribution < -0.4 is 30.4 Å². The zero-order valence-corrected chi connectivity index (χ0v) is 42.2. The molecule has 20 heteroatoms. The molecule has 0 aliphatic rings. The van der Waals surface area contributed by atoms with Gasteiger partial charge in [0.2, 0.25) is 0 Å². The van der Waals surface area contributed by atoms with Crippen LogP contribution in [0.15, 0.2) is 165 Å². The molecule has 0 fully saturated rings. The number of anilines is 4. The van der Waals surface area contributed by atoms with Crippen molar-refractivity contribution in [3.8, 4) is 11.4 Å². The Morgan fingerprint density at radius 1 is 0.521 bits per heavy atom. The summed E-state index contributed by atoms with van der Waals surface area (Å²) in [5, 5.41) is 5.58. The van der Waals surface area contributed by atoms with Gasteiger partial charge in [0.1, 0.15) is 11.4 Å². The SMILES string of the molecule is Cc1c(N(C)S(=O)(=O)c2ccc(Cl)c(C(=O)Nc3ccc(Cc4ccc(NC(=O)c5cc(S(=O)(=O)N(C)c6c(C)n(C)n(-c7ccccc7)c6=O)ccc5Cl)cc4)cc3)c2)c(=O)n(-c2ccccc2)n1C. The van der Waals surface area contributed by atoms with Crippen LogP contribution >= 0.6 is 23.2 Å². The van der Waals surface area contributed by atoms with E-state index in [1.807, 2.05) is 36.4 Å². The number of halogens is 2. The van der Waals surface area contributed by atoms with Gasteiger partial charge in [-0.05, 0) is 116 Å². The summed E-state index contributed by atoms with van der Waals surface area (Å²) in [6.07, 6.45) is 0.482. The molecule has 0 unspecified atom stereocenters. The minimum absolute atomic E-state index is 0.0196. The zero-order chi connectivity index (χ0) is 51.1. The molecular weight excluding hydrogens is 988 g/mol. The van der Waals surface area contributed by atoms with Crippen LogP contribution in [0.2, 0.25) is 10.0 Å². The summed E-state index contributed by atoms with van der Waals surface area (Å²) in [4.78, 5) is 53.8. The molecule has 0 radical (unpaired) electrons. The average Bonchev–Trinajstić information content (AvgIpc) is 3.72. The van der Waals surface area contributed by atoms with Crippen LogP contribution in [0.25, 0.3) is 11.4 Å². The summed E-state index contributed by atoms with van der Waals surface area (Å²) in [5.41, 5.74) is 3.18. The first-order chi connectivity index (χ1) is 33.7. The average molecular weight is 1030 g/mol. The molecule has 0 aliphatic heterocycles. The van der Waals surface area contributed by atoms with E-state index in [1.165, 1.54) is 59.9 Å². The zero-order valence-electron chi connectivity index (χ0n) is 39.1. The molecule has 2 N–H and O–H groups in total. The van der Waals surface area contributed by atoms with Gasteiger partial charge in [-0.15, -0.1) is 0 Å². The summed E-state index contributed by atoms with van der Waals surface area (Å²) in [7, 11) is -2.79. The van der Waals surface area contributed by atoms with Gasteiger partial charge in [-0.2, -0.15) is 0 Å². The molecule has 6 aromatic carbocycles. The van der Waals surface area contributed by atoms with Gasteiger partial charge in [0.15, 0.2) is 0 Å². The van der Waals surface area contributed by atoms with Crippen LogP contribution in [0.4, 0.5) is 22.7 Å². The number of hydrogen-bond acceptors (Lipinski definition) is 8. The van der Waals surface area contributed by atoms with E-state index in [9.17, 15) is 36.0 Å². The molecule has 8 aromatic rings. The summed E-state index contributed by atoms with van der Waals surface area (Å²) in [6, 6.07) is 39.2. The van der Waals surface area contributed by atoms with Gasteiger partial charge in [-0.1, -0.05) is 83.9 Å². The smallest absolute Gasteiger partial charge is 0.296 e. The largest absolute Gasteiger partial charge is 0.322 e. The van der Waals surface area contributed by atoms with E-state index in [0.717, 1.165) is 19.7 Å². The maximum Gasteiger partial charge on any atom is 0.296 e. The van der Waals surface area contributed by atoms with Crippen molar-refractivity contribution in [3.63, 3.8) is 0 Å². The van der Waals surface area contributed by atoms with Gasteiger partial charge in [-0.25, -0.2) is 26.2 Å². The van der Waals surface area contributed by atoms with Gasteiger partial charge in [0.05, 0.1) is 53.7 Å². The Hall–Kier alpha value is -7.64. The first kappa shape index (κ1) is 49.8. The summed E-state index contributed by atoms with van der Waals surface area (Å²) in [6.45, 7) is 3.29. The number of hydrogen-bond donors (Lipinski definition) is 2. The monoisotopic (exact) mass is 1030 g/mol. The van der Waals surface area contributed by atoms with Crippen molar-refractivity contribution < 1.29 is 26.4 Å². The molecule has 0 saturated carbocycles. The first-order valence-corrected chi connectivity index (χ1v) is 25.4. The van der Waals surface area contributed by atoms with Crippen molar-refractivity contribution in [2.45, 2.75) is 30.1 Å². The number of nitrogens with zero attached hydrogens (tertiary/aromatic N) is 6. The Kier molecular flexibility index (Phi) is 13.8. The van der Waals surface area contributed by atoms with Gasteiger partial charge in [-0.3, -0.25) is 37.2 Å². The van der Waals surface area contributed by atoms with Crippen molar-refractivity contribution in [1.29, 1.82) is 0 Å². The second-order valence-electron chi connectivity index (χ2n) is 16.5. The molecule has 0 atom stereocenters. The third kappa shape index (κ3) is 9.54. The van der Waals surface area contributed by atoms with Crippen molar-refractivity contribution in [2.75, 3.05) is 33.3 Å². The maximum absolute atomic E-state index is 14.0. The van der Waals surface area contributed by atoms with E-state index < -0.39 is 43.0 Å². The highest BCUT2D eigenvalue weighted by molar-refractivity contribution is 7.93. The van der Waals surface area contributed by atoms with E-state index in [4.69, 9.17) is 23.2 Å². The van der Waals surface area contributed by atoms with Crippen LogP contribution in [0, 0.1) is 13.8 Å². The second-order valence-corrected chi connectivity index (χ2v) is 21.3. The number of carbonyl (C=O) groups is 2. The number of aromatic nitrogens is 4. The van der Waals surface area contributed by atoms with E-state index in [0.29, 0.717) is 40.6 Å². The highest BCUT2D eigenvalue weighted by atomic mass is 35.5. The second kappa shape index (κ2) is 19.6. The molecule has 0 saturated heterocycles. The normalized spacial score (nSPS) is 11.6. The van der Waals surface area contributed by atoms with Crippen molar-refractivity contribution in [1.82, 2.24) is 18.7 Å². The van der Waals surface area contributed by atoms with E-state index >= 15 is 0 Å². The van der Waals surface area contributed by atoms with Crippen LogP contribution in [-0.4, -0.2) is 61.5 Å². The van der Waals surface area contributed by atoms with Gasteiger partial charge in [0.25, 0.3) is 43.0 Å². The molecule has 0 aliphatic carbocycles. The van der Waals surface area contributed by atoms with Crippen LogP contribution in [-0.2, 0) is 40.6 Å². The Bertz CT molecular complexity index is 3480. The fraction of sp³-hybridized carbons (Fsp3) is 0.137. The Labute approximate surface area is 419 Å². The Morgan fingerprint density at radius 2 is 0.859 bits per heavy atom. The topological polar surface area (TPSA) is 187 Å². The maximum atomic E-state index is 14.0. The van der Waals surface area contributed by atoms with Crippen LogP contribution in [0.5, 0.6) is 0 Å². The highest BCUT2D eigenvalue weighted by Gasteiger charge is 2.32. The molecular formula is C51H46Cl2N8O8S2.